The van der Waals surface area contributed by atoms with Crippen LogP contribution in [0.2, 0.25) is 0 Å². The summed E-state index contributed by atoms with van der Waals surface area (Å²) in [5.41, 5.74) is 2.73. The van der Waals surface area contributed by atoms with E-state index in [1.54, 1.807) is 7.11 Å². The Kier molecular flexibility index (Phi) is 13.4. The summed E-state index contributed by atoms with van der Waals surface area (Å²) in [4.78, 5) is 0. The fraction of sp³-hybridized carbons (Fsp3) is 0.368. The maximum Gasteiger partial charge on any atom is 0.0743 e. The summed E-state index contributed by atoms with van der Waals surface area (Å²) in [6.07, 6.45) is 0. The van der Waals surface area contributed by atoms with Gasteiger partial charge < -0.3 is 10.9 Å². The van der Waals surface area contributed by atoms with Crippen LogP contribution in [0.25, 0.3) is 6.15 Å². The molecular weight excluding hydrogens is 437 g/mol. The molecule has 0 aliphatic carbocycles. The van der Waals surface area contributed by atoms with Crippen molar-refractivity contribution in [1.82, 2.24) is 0 Å². The smallest absolute Gasteiger partial charge is 0.0743 e. The topological polar surface area (TPSA) is 42.7 Å². The Morgan fingerprint density at radius 2 is 1.59 bits per heavy atom. The number of hydrogen-bond acceptors (Lipinski definition) is 1. The van der Waals surface area contributed by atoms with Crippen molar-refractivity contribution in [2.75, 3.05) is 7.11 Å². The van der Waals surface area contributed by atoms with Gasteiger partial charge in [-0.15, -0.1) is 12.1 Å². The van der Waals surface area contributed by atoms with Gasteiger partial charge in [-0.05, 0) is 11.8 Å². The van der Waals surface area contributed by atoms with Gasteiger partial charge in [0.15, 0.2) is 0 Å². The second kappa shape index (κ2) is 12.6. The molecule has 0 saturated carbocycles. The van der Waals surface area contributed by atoms with Gasteiger partial charge in [0.2, 0.25) is 0 Å². The Morgan fingerprint density at radius 1 is 0.909 bits per heavy atom. The number of ether oxygens (including phenoxy) is 1. The number of hydrogen-bond donors (Lipinski definition) is 0. The van der Waals surface area contributed by atoms with E-state index in [0.29, 0.717) is 11.8 Å². The average molecular weight is 463 g/mol. The van der Waals surface area contributed by atoms with E-state index < -0.39 is 0 Å². The summed E-state index contributed by atoms with van der Waals surface area (Å²) in [5.74, 6) is 1.99. The van der Waals surface area contributed by atoms with Gasteiger partial charge >= 0.3 is 0 Å². The first-order valence-electron chi connectivity index (χ1n) is 7.06. The Bertz CT molecular complexity index is 475. The first-order chi connectivity index (χ1) is 9.54. The molecule has 0 saturated heterocycles. The third-order valence-corrected chi connectivity index (χ3v) is 3.04. The van der Waals surface area contributed by atoms with Gasteiger partial charge in [-0.3, -0.25) is 0 Å². The third kappa shape index (κ3) is 8.50. The Balaban J connectivity index is 0. The van der Waals surface area contributed by atoms with Gasteiger partial charge in [0, 0.05) is 31.6 Å². The van der Waals surface area contributed by atoms with E-state index in [4.69, 9.17) is 4.74 Å². The Hall–Kier alpha value is -0.930. The molecule has 0 radical (unpaired) electrons. The molecule has 0 heterocycles. The zero-order valence-electron chi connectivity index (χ0n) is 14.2. The van der Waals surface area contributed by atoms with Crippen LogP contribution in [0.15, 0.2) is 42.5 Å². The molecule has 22 heavy (non-hydrogen) atoms. The predicted molar refractivity (Wildman–Crippen MR) is 90.6 cm³/mol. The van der Waals surface area contributed by atoms with Crippen LogP contribution in [0.3, 0.4) is 0 Å². The molecule has 2 N–H and O–H groups in total. The van der Waals surface area contributed by atoms with Gasteiger partial charge in [-0.1, -0.05) is 27.7 Å². The van der Waals surface area contributed by atoms with Crippen LogP contribution in [-0.4, -0.2) is 7.11 Å². The minimum Gasteiger partial charge on any atom is -0.693 e. The van der Waals surface area contributed by atoms with E-state index in [1.807, 2.05) is 30.3 Å². The van der Waals surface area contributed by atoms with Crippen LogP contribution in [-0.2, 0) is 25.8 Å². The van der Waals surface area contributed by atoms with Gasteiger partial charge in [0.1, 0.15) is 0 Å². The fourth-order valence-electron chi connectivity index (χ4n) is 1.70. The van der Waals surface area contributed by atoms with Gasteiger partial charge in [-0.25, -0.2) is 0 Å². The molecule has 0 aliphatic heterocycles. The molecule has 0 aromatic heterocycles. The van der Waals surface area contributed by atoms with Crippen molar-refractivity contribution in [3.63, 3.8) is 0 Å². The van der Waals surface area contributed by atoms with Crippen molar-refractivity contribution in [2.45, 2.75) is 39.5 Å². The molecule has 2 aromatic rings. The molecule has 0 fully saturated rings. The summed E-state index contributed by atoms with van der Waals surface area (Å²) in [6, 6.07) is 20.1. The number of rotatable bonds is 3. The van der Waals surface area contributed by atoms with Crippen molar-refractivity contribution >= 4 is 0 Å². The molecule has 2 rings (SSSR count). The van der Waals surface area contributed by atoms with E-state index in [1.165, 1.54) is 11.1 Å². The molecular formula is C19H26HfNO-3. The normalized spacial score (nSPS) is 9.23. The van der Waals surface area contributed by atoms with Crippen molar-refractivity contribution in [3.05, 3.63) is 71.9 Å². The Labute approximate surface area is 154 Å². The van der Waals surface area contributed by atoms with Crippen molar-refractivity contribution in [2.24, 2.45) is 0 Å². The summed E-state index contributed by atoms with van der Waals surface area (Å²) in [6.45, 7) is 8.85. The van der Waals surface area contributed by atoms with Gasteiger partial charge in [-0.2, -0.15) is 53.6 Å². The molecule has 2 nitrogen and oxygen atoms in total. The van der Waals surface area contributed by atoms with Crippen molar-refractivity contribution in [3.8, 4) is 5.75 Å². The molecule has 0 bridgehead atoms. The summed E-state index contributed by atoms with van der Waals surface area (Å²) in [5, 5.41) is 0. The minimum absolute atomic E-state index is 0. The fourth-order valence-corrected chi connectivity index (χ4v) is 1.70. The number of para-hydroxylation sites is 1. The first kappa shape index (κ1) is 23.3. The Morgan fingerprint density at radius 3 is 2.00 bits per heavy atom. The molecule has 2 aromatic carbocycles. The van der Waals surface area contributed by atoms with Crippen molar-refractivity contribution < 1.29 is 30.6 Å². The third-order valence-electron chi connectivity index (χ3n) is 3.04. The van der Waals surface area contributed by atoms with Gasteiger partial charge in [0.25, 0.3) is 0 Å². The van der Waals surface area contributed by atoms with Crippen LogP contribution >= 0.6 is 0 Å². The number of methoxy groups -OCH3 is 1. The van der Waals surface area contributed by atoms with Crippen LogP contribution in [0, 0.1) is 12.1 Å². The molecule has 0 atom stereocenters. The van der Waals surface area contributed by atoms with Crippen LogP contribution in [0.5, 0.6) is 5.75 Å². The van der Waals surface area contributed by atoms with E-state index in [-0.39, 0.29) is 32.0 Å². The standard InChI is InChI=1S/C12H17.C7H7O.Hf.H2N/c1-9(2)11-6-5-7-12(8-11)10(3)4;1-8-7-5-3-2-4-6-7;;/h5-6,8-10H,1-4H3;2-5H,1H3;;1H2/q2*-1;;-1. The van der Waals surface area contributed by atoms with E-state index in [2.05, 4.69) is 52.0 Å². The van der Waals surface area contributed by atoms with Crippen molar-refractivity contribution in [1.29, 1.82) is 0 Å². The maximum absolute atomic E-state index is 4.86. The van der Waals surface area contributed by atoms with Gasteiger partial charge in [0.05, 0.1) is 7.11 Å². The van der Waals surface area contributed by atoms with Crippen LogP contribution < -0.4 is 4.74 Å². The number of benzene rings is 2. The summed E-state index contributed by atoms with van der Waals surface area (Å²) < 4.78 is 4.86. The molecule has 0 amide bonds. The van der Waals surface area contributed by atoms with E-state index in [0.717, 1.165) is 5.75 Å². The molecule has 0 spiro atoms. The number of nitrogens with two attached hydrogens (primary N) is 1. The van der Waals surface area contributed by atoms with E-state index >= 15 is 0 Å². The zero-order valence-corrected chi connectivity index (χ0v) is 17.8. The molecule has 120 valence electrons. The molecule has 0 aliphatic rings. The molecule has 0 unspecified atom stereocenters. The second-order valence-electron chi connectivity index (χ2n) is 5.32. The average Bonchev–Trinajstić information content (AvgIpc) is 2.49. The van der Waals surface area contributed by atoms with Crippen LogP contribution in [0.1, 0.15) is 50.7 Å². The second-order valence-corrected chi connectivity index (χ2v) is 5.32. The predicted octanol–water partition coefficient (Wildman–Crippen LogP) is 5.94. The first-order valence-corrected chi connectivity index (χ1v) is 7.06. The SMILES string of the molecule is CC(C)c1[c-]ccc(C(C)C)c1.COc1[c-]cccc1.[Hf].[NH2-]. The van der Waals surface area contributed by atoms with E-state index in [9.17, 15) is 0 Å². The monoisotopic (exact) mass is 464 g/mol. The minimum atomic E-state index is 0. The molecule has 3 heteroatoms. The summed E-state index contributed by atoms with van der Waals surface area (Å²) in [7, 11) is 1.63. The largest absolute Gasteiger partial charge is 0.693 e. The van der Waals surface area contributed by atoms with Crippen LogP contribution in [0.4, 0.5) is 0 Å². The maximum atomic E-state index is 4.86. The summed E-state index contributed by atoms with van der Waals surface area (Å²) >= 11 is 0. The zero-order chi connectivity index (χ0) is 15.0. The quantitative estimate of drug-likeness (QED) is 0.411.